The lowest BCUT2D eigenvalue weighted by Gasteiger charge is -2.26. The van der Waals surface area contributed by atoms with Crippen molar-refractivity contribution in [3.05, 3.63) is 65.2 Å². The topological polar surface area (TPSA) is 208 Å². The maximum Gasteiger partial charge on any atom is 0.312 e. The number of carbonyl (C=O) groups is 6. The molecule has 0 saturated heterocycles. The molecule has 2 atom stereocenters. The molecule has 0 radical (unpaired) electrons. The summed E-state index contributed by atoms with van der Waals surface area (Å²) in [7, 11) is 1.70. The van der Waals surface area contributed by atoms with E-state index in [1.54, 1.807) is 16.8 Å². The Kier molecular flexibility index (Phi) is 26.2. The smallest absolute Gasteiger partial charge is 0.312 e. The number of Topliss-reactive ketones (excluding diaryl/α,β-unsaturated/α-hetero) is 1. The minimum absolute atomic E-state index is 0.0164. The van der Waals surface area contributed by atoms with Crippen molar-refractivity contribution in [2.45, 2.75) is 97.6 Å². The average Bonchev–Trinajstić information content (AvgIpc) is 3.27. The second-order valence-corrected chi connectivity index (χ2v) is 16.6. The summed E-state index contributed by atoms with van der Waals surface area (Å²) in [4.78, 5) is 78.1. The van der Waals surface area contributed by atoms with Crippen molar-refractivity contribution in [3.8, 4) is 11.8 Å². The number of primary amides is 1. The first kappa shape index (κ1) is 54.0. The number of ether oxygens (including phenoxy) is 4. The molecule has 0 spiro atoms. The highest BCUT2D eigenvalue weighted by molar-refractivity contribution is 5.95. The molecule has 0 fully saturated rings. The zero-order chi connectivity index (χ0) is 47.2. The van der Waals surface area contributed by atoms with Gasteiger partial charge in [0.1, 0.15) is 0 Å². The van der Waals surface area contributed by atoms with Crippen molar-refractivity contribution < 1.29 is 47.7 Å². The molecule has 5 N–H and O–H groups in total. The lowest BCUT2D eigenvalue weighted by atomic mass is 9.90. The van der Waals surface area contributed by atoms with Crippen LogP contribution in [0.4, 0.5) is 10.5 Å². The van der Waals surface area contributed by atoms with Gasteiger partial charge in [0.2, 0.25) is 23.6 Å². The van der Waals surface area contributed by atoms with Crippen LogP contribution in [0.3, 0.4) is 0 Å². The first-order valence-corrected chi connectivity index (χ1v) is 23.0. The second kappa shape index (κ2) is 31.5. The molecular weight excluding hydrogens is 833 g/mol. The number of benzene rings is 2. The van der Waals surface area contributed by atoms with Gasteiger partial charge < -0.3 is 50.4 Å². The van der Waals surface area contributed by atoms with Crippen molar-refractivity contribution in [2.24, 2.45) is 17.6 Å². The number of rotatable bonds is 33. The summed E-state index contributed by atoms with van der Waals surface area (Å²) < 4.78 is 22.2. The third-order valence-corrected chi connectivity index (χ3v) is 10.8. The highest BCUT2D eigenvalue weighted by Crippen LogP contribution is 2.26. The molecule has 0 saturated carbocycles. The SMILES string of the molecule is CC(C)[C@H](NC(=O)CCCC(=O)N(C)CCOCCOCCOCCOCCC(=O)NCCC(=O)N1Cc2ccccc2C#Cc2ccccc21)C(=O)C[C@H](C)CCCCCNC(N)=O. The summed E-state index contributed by atoms with van der Waals surface area (Å²) in [5.74, 6) is 5.94. The first-order chi connectivity index (χ1) is 31.3. The van der Waals surface area contributed by atoms with Crippen molar-refractivity contribution in [1.29, 1.82) is 0 Å². The summed E-state index contributed by atoms with van der Waals surface area (Å²) >= 11 is 0. The van der Waals surface area contributed by atoms with E-state index in [4.69, 9.17) is 24.7 Å². The van der Waals surface area contributed by atoms with Crippen molar-refractivity contribution in [2.75, 3.05) is 84.4 Å². The van der Waals surface area contributed by atoms with E-state index in [2.05, 4.69) is 27.8 Å². The molecule has 0 bridgehead atoms. The van der Waals surface area contributed by atoms with Crippen molar-refractivity contribution in [3.63, 3.8) is 0 Å². The van der Waals surface area contributed by atoms with Crippen LogP contribution in [0.2, 0.25) is 0 Å². The predicted octanol–water partition coefficient (Wildman–Crippen LogP) is 4.49. The number of carbonyl (C=O) groups excluding carboxylic acids is 6. The molecule has 1 aliphatic rings. The molecule has 2 aromatic carbocycles. The number of ketones is 1. The van der Waals surface area contributed by atoms with Crippen LogP contribution in [0, 0.1) is 23.7 Å². The third-order valence-electron chi connectivity index (χ3n) is 10.8. The zero-order valence-electron chi connectivity index (χ0n) is 39.0. The first-order valence-electron chi connectivity index (χ1n) is 23.0. The van der Waals surface area contributed by atoms with E-state index in [0.29, 0.717) is 78.7 Å². The number of hydrogen-bond donors (Lipinski definition) is 4. The van der Waals surface area contributed by atoms with Crippen LogP contribution >= 0.6 is 0 Å². The van der Waals surface area contributed by atoms with E-state index in [9.17, 15) is 28.8 Å². The fourth-order valence-corrected chi connectivity index (χ4v) is 7.03. The molecule has 1 aliphatic heterocycles. The van der Waals surface area contributed by atoms with Gasteiger partial charge in [0.15, 0.2) is 5.78 Å². The molecule has 358 valence electrons. The highest BCUT2D eigenvalue weighted by atomic mass is 16.6. The van der Waals surface area contributed by atoms with Gasteiger partial charge in [0.25, 0.3) is 0 Å². The van der Waals surface area contributed by atoms with Crippen LogP contribution in [0.5, 0.6) is 0 Å². The Hall–Kier alpha value is -5.34. The number of anilines is 1. The van der Waals surface area contributed by atoms with Gasteiger partial charge in [-0.3, -0.25) is 24.0 Å². The minimum atomic E-state index is -0.565. The Morgan fingerprint density at radius 2 is 1.32 bits per heavy atom. The molecule has 2 aromatic rings. The third kappa shape index (κ3) is 22.4. The monoisotopic (exact) mass is 905 g/mol. The minimum Gasteiger partial charge on any atom is -0.379 e. The van der Waals surface area contributed by atoms with E-state index in [0.717, 1.165) is 48.1 Å². The van der Waals surface area contributed by atoms with Gasteiger partial charge in [-0.2, -0.15) is 0 Å². The van der Waals surface area contributed by atoms with Crippen LogP contribution in [-0.4, -0.2) is 126 Å². The van der Waals surface area contributed by atoms with Crippen LogP contribution in [-0.2, 0) is 49.5 Å². The van der Waals surface area contributed by atoms with E-state index < -0.39 is 12.1 Å². The molecule has 16 nitrogen and oxygen atoms in total. The van der Waals surface area contributed by atoms with Gasteiger partial charge in [-0.05, 0) is 48.4 Å². The fraction of sp³-hybridized carbons (Fsp3) is 0.592. The number of amides is 6. The lowest BCUT2D eigenvalue weighted by Crippen LogP contribution is -2.44. The number of unbranched alkanes of at least 4 members (excludes halogenated alkanes) is 2. The summed E-state index contributed by atoms with van der Waals surface area (Å²) in [6, 6.07) is 14.3. The maximum absolute atomic E-state index is 13.3. The number of nitrogens with one attached hydrogen (secondary N) is 3. The van der Waals surface area contributed by atoms with E-state index in [1.807, 2.05) is 69.3 Å². The number of fused-ring (bicyclic) bond motifs is 2. The number of likely N-dealkylation sites (N-methyl/N-ethyl adjacent to an activating group) is 1. The van der Waals surface area contributed by atoms with Crippen LogP contribution < -0.4 is 26.6 Å². The van der Waals surface area contributed by atoms with Gasteiger partial charge in [-0.25, -0.2) is 4.79 Å². The Balaban J connectivity index is 1.12. The quantitative estimate of drug-likeness (QED) is 0.0583. The van der Waals surface area contributed by atoms with Gasteiger partial charge in [0.05, 0.1) is 71.1 Å². The Labute approximate surface area is 385 Å². The van der Waals surface area contributed by atoms with Gasteiger partial charge >= 0.3 is 6.03 Å². The number of nitrogens with two attached hydrogens (primary N) is 1. The van der Waals surface area contributed by atoms with Crippen molar-refractivity contribution >= 4 is 41.1 Å². The second-order valence-electron chi connectivity index (χ2n) is 16.6. The molecule has 0 unspecified atom stereocenters. The van der Waals surface area contributed by atoms with Gasteiger partial charge in [-0.1, -0.05) is 82.2 Å². The molecule has 65 heavy (non-hydrogen) atoms. The van der Waals surface area contributed by atoms with Crippen LogP contribution in [0.25, 0.3) is 0 Å². The van der Waals surface area contributed by atoms with E-state index in [-0.39, 0.29) is 80.1 Å². The molecule has 1 heterocycles. The molecule has 3 rings (SSSR count). The highest BCUT2D eigenvalue weighted by Gasteiger charge is 2.26. The predicted molar refractivity (Wildman–Crippen MR) is 249 cm³/mol. The normalized spacial score (nSPS) is 12.7. The maximum atomic E-state index is 13.3. The Morgan fingerprint density at radius 1 is 0.692 bits per heavy atom. The van der Waals surface area contributed by atoms with Crippen LogP contribution in [0.15, 0.2) is 48.5 Å². The number of hydrogen-bond acceptors (Lipinski definition) is 10. The molecule has 16 heteroatoms. The summed E-state index contributed by atoms with van der Waals surface area (Å²) in [5, 5.41) is 8.27. The van der Waals surface area contributed by atoms with Gasteiger partial charge in [-0.15, -0.1) is 0 Å². The molecular formula is C49H72N6O10. The standard InChI is InChI=1S/C49H72N6O10/c1-37(2)48(43(56)35-38(3)13-6-5-11-24-52-49(50)61)53-45(58)18-12-19-46(59)54(4)26-28-63-30-32-65-34-33-64-31-29-62-27-23-44(57)51-25-22-47(60)55-36-41-16-8-7-14-39(41)20-21-40-15-9-10-17-42(40)55/h7-10,14-17,37-38,48H,5-6,11-13,18-19,22-36H2,1-4H3,(H,51,57)(H,53,58)(H3,50,52,61)/t38-,48+/m1/s1. The van der Waals surface area contributed by atoms with Crippen molar-refractivity contribution in [1.82, 2.24) is 20.9 Å². The van der Waals surface area contributed by atoms with E-state index in [1.165, 1.54) is 0 Å². The summed E-state index contributed by atoms with van der Waals surface area (Å²) in [6.45, 7) is 10.2. The van der Waals surface area contributed by atoms with Crippen LogP contribution in [0.1, 0.15) is 102 Å². The Bertz CT molecular complexity index is 1860. The van der Waals surface area contributed by atoms with E-state index >= 15 is 0 Å². The zero-order valence-corrected chi connectivity index (χ0v) is 39.0. The summed E-state index contributed by atoms with van der Waals surface area (Å²) in [5.41, 5.74) is 8.48. The number of nitrogens with zero attached hydrogens (tertiary/aromatic N) is 2. The number of para-hydroxylation sites is 1. The van der Waals surface area contributed by atoms with Gasteiger partial charge in [0, 0.05) is 69.9 Å². The number of urea groups is 1. The lowest BCUT2D eigenvalue weighted by molar-refractivity contribution is -0.131. The molecule has 0 aromatic heterocycles. The largest absolute Gasteiger partial charge is 0.379 e. The average molecular weight is 905 g/mol. The fourth-order valence-electron chi connectivity index (χ4n) is 7.03. The summed E-state index contributed by atoms with van der Waals surface area (Å²) in [6.07, 6.45) is 5.05. The molecule has 6 amide bonds. The molecule has 0 aliphatic carbocycles. The Morgan fingerprint density at radius 3 is 2.02 bits per heavy atom.